The molecular formula is C20H29ClN6O. The summed E-state index contributed by atoms with van der Waals surface area (Å²) in [7, 11) is 0. The first-order chi connectivity index (χ1) is 13.1. The largest absolute Gasteiger partial charge is 0.369 e. The summed E-state index contributed by atoms with van der Waals surface area (Å²) in [6.45, 7) is 3.55. The Hall–Kier alpha value is -2.54. The Morgan fingerprint density at radius 2 is 1.46 bits per heavy atom. The number of carbonyl (C=O) groups excluding carboxylic acids is 1. The Labute approximate surface area is 172 Å². The smallest absolute Gasteiger partial charge is 0.246 e. The SMILES string of the molecule is Cl.NC(=Nc1ccc(/C=C/C(=O)N2CCCCC2)cc1)N=C(N)N1CCCC1. The monoisotopic (exact) mass is 404 g/mol. The first-order valence-electron chi connectivity index (χ1n) is 9.62. The van der Waals surface area contributed by atoms with Crippen LogP contribution in [0.2, 0.25) is 0 Å². The summed E-state index contributed by atoms with van der Waals surface area (Å²) in [6, 6.07) is 7.50. The molecule has 152 valence electrons. The summed E-state index contributed by atoms with van der Waals surface area (Å²) in [6.07, 6.45) is 9.13. The molecule has 2 fully saturated rings. The van der Waals surface area contributed by atoms with Gasteiger partial charge in [0.1, 0.15) is 0 Å². The van der Waals surface area contributed by atoms with Gasteiger partial charge in [-0.1, -0.05) is 12.1 Å². The number of hydrogen-bond donors (Lipinski definition) is 2. The van der Waals surface area contributed by atoms with Crippen molar-refractivity contribution >= 4 is 42.0 Å². The minimum Gasteiger partial charge on any atom is -0.369 e. The van der Waals surface area contributed by atoms with Crippen LogP contribution in [-0.4, -0.2) is 53.8 Å². The van der Waals surface area contributed by atoms with Crippen molar-refractivity contribution in [1.29, 1.82) is 0 Å². The molecular weight excluding hydrogens is 376 g/mol. The lowest BCUT2D eigenvalue weighted by Gasteiger charge is -2.25. The number of rotatable bonds is 3. The maximum absolute atomic E-state index is 12.2. The van der Waals surface area contributed by atoms with Gasteiger partial charge in [-0.15, -0.1) is 12.4 Å². The molecule has 1 amide bonds. The zero-order valence-corrected chi connectivity index (χ0v) is 16.9. The van der Waals surface area contributed by atoms with Crippen LogP contribution in [0, 0.1) is 0 Å². The molecule has 4 N–H and O–H groups in total. The topological polar surface area (TPSA) is 100 Å². The van der Waals surface area contributed by atoms with Crippen molar-refractivity contribution in [3.63, 3.8) is 0 Å². The van der Waals surface area contributed by atoms with Crippen LogP contribution in [-0.2, 0) is 4.79 Å². The van der Waals surface area contributed by atoms with Crippen molar-refractivity contribution in [1.82, 2.24) is 9.80 Å². The molecule has 0 unspecified atom stereocenters. The number of piperidine rings is 1. The average molecular weight is 405 g/mol. The van der Waals surface area contributed by atoms with Crippen molar-refractivity contribution in [2.45, 2.75) is 32.1 Å². The summed E-state index contributed by atoms with van der Waals surface area (Å²) in [5.74, 6) is 0.639. The number of guanidine groups is 2. The third-order valence-corrected chi connectivity index (χ3v) is 4.88. The number of benzene rings is 1. The Bertz CT molecular complexity index is 732. The number of likely N-dealkylation sites (tertiary alicyclic amines) is 2. The van der Waals surface area contributed by atoms with Gasteiger partial charge in [0.2, 0.25) is 11.9 Å². The van der Waals surface area contributed by atoms with Gasteiger partial charge in [0, 0.05) is 32.3 Å². The molecule has 0 aliphatic carbocycles. The van der Waals surface area contributed by atoms with Gasteiger partial charge in [0.25, 0.3) is 0 Å². The molecule has 28 heavy (non-hydrogen) atoms. The van der Waals surface area contributed by atoms with E-state index in [2.05, 4.69) is 9.98 Å². The summed E-state index contributed by atoms with van der Waals surface area (Å²) >= 11 is 0. The van der Waals surface area contributed by atoms with E-state index in [1.54, 1.807) is 6.08 Å². The molecule has 0 spiro atoms. The van der Waals surface area contributed by atoms with Crippen molar-refractivity contribution in [2.75, 3.05) is 26.2 Å². The second-order valence-corrected chi connectivity index (χ2v) is 6.94. The number of carbonyl (C=O) groups is 1. The fourth-order valence-corrected chi connectivity index (χ4v) is 3.34. The number of nitrogens with two attached hydrogens (primary N) is 2. The maximum atomic E-state index is 12.2. The van der Waals surface area contributed by atoms with E-state index in [9.17, 15) is 4.79 Å². The number of hydrogen-bond acceptors (Lipinski definition) is 2. The molecule has 0 bridgehead atoms. The second kappa shape index (κ2) is 10.7. The van der Waals surface area contributed by atoms with E-state index in [1.807, 2.05) is 40.1 Å². The number of aliphatic imine (C=N–C) groups is 2. The van der Waals surface area contributed by atoms with Crippen LogP contribution in [0.5, 0.6) is 0 Å². The van der Waals surface area contributed by atoms with Crippen molar-refractivity contribution < 1.29 is 4.79 Å². The summed E-state index contributed by atoms with van der Waals surface area (Å²) in [4.78, 5) is 24.5. The molecule has 2 aliphatic heterocycles. The van der Waals surface area contributed by atoms with Crippen LogP contribution in [0.4, 0.5) is 5.69 Å². The molecule has 1 aromatic carbocycles. The molecule has 1 aromatic rings. The van der Waals surface area contributed by atoms with Crippen LogP contribution < -0.4 is 11.5 Å². The molecule has 2 heterocycles. The number of amides is 1. The third kappa shape index (κ3) is 6.27. The number of nitrogens with zero attached hydrogens (tertiary/aromatic N) is 4. The van der Waals surface area contributed by atoms with Gasteiger partial charge >= 0.3 is 0 Å². The highest BCUT2D eigenvalue weighted by atomic mass is 35.5. The fourth-order valence-electron chi connectivity index (χ4n) is 3.34. The quantitative estimate of drug-likeness (QED) is 0.459. The first-order valence-corrected chi connectivity index (χ1v) is 9.62. The maximum Gasteiger partial charge on any atom is 0.246 e. The molecule has 8 heteroatoms. The lowest BCUT2D eigenvalue weighted by Crippen LogP contribution is -2.36. The standard InChI is InChI=1S/C20H28N6O.ClH/c21-19(24-20(22)26-14-4-5-15-26)23-17-9-6-16(7-10-17)8-11-18(27)25-12-2-1-3-13-25;/h6-11H,1-5,12-15H2,(H4,21,22,23,24);1H/b11-8+;. The predicted octanol–water partition coefficient (Wildman–Crippen LogP) is 2.49. The highest BCUT2D eigenvalue weighted by Crippen LogP contribution is 2.15. The van der Waals surface area contributed by atoms with Gasteiger partial charge in [-0.05, 0) is 55.9 Å². The van der Waals surface area contributed by atoms with E-state index in [0.29, 0.717) is 11.6 Å². The fraction of sp³-hybridized carbons (Fsp3) is 0.450. The van der Waals surface area contributed by atoms with Gasteiger partial charge in [-0.3, -0.25) is 4.79 Å². The Morgan fingerprint density at radius 1 is 0.893 bits per heavy atom. The van der Waals surface area contributed by atoms with Gasteiger partial charge in [0.05, 0.1) is 5.69 Å². The van der Waals surface area contributed by atoms with E-state index in [-0.39, 0.29) is 24.3 Å². The Kier molecular flexibility index (Phi) is 8.32. The summed E-state index contributed by atoms with van der Waals surface area (Å²) < 4.78 is 0. The van der Waals surface area contributed by atoms with Gasteiger partial charge < -0.3 is 21.3 Å². The van der Waals surface area contributed by atoms with E-state index >= 15 is 0 Å². The molecule has 2 aliphatic rings. The van der Waals surface area contributed by atoms with Crippen LogP contribution in [0.1, 0.15) is 37.7 Å². The molecule has 0 atom stereocenters. The second-order valence-electron chi connectivity index (χ2n) is 6.94. The minimum absolute atomic E-state index is 0. The van der Waals surface area contributed by atoms with E-state index in [0.717, 1.165) is 57.4 Å². The van der Waals surface area contributed by atoms with E-state index in [1.165, 1.54) is 6.42 Å². The minimum atomic E-state index is 0. The first kappa shape index (κ1) is 21.8. The molecule has 7 nitrogen and oxygen atoms in total. The number of halogens is 1. The van der Waals surface area contributed by atoms with Gasteiger partial charge in [0.15, 0.2) is 5.96 Å². The summed E-state index contributed by atoms with van der Waals surface area (Å²) in [5.41, 5.74) is 13.5. The van der Waals surface area contributed by atoms with Crippen LogP contribution in [0.25, 0.3) is 6.08 Å². The Balaban J connectivity index is 0.00000280. The highest BCUT2D eigenvalue weighted by Gasteiger charge is 2.14. The zero-order valence-electron chi connectivity index (χ0n) is 16.1. The van der Waals surface area contributed by atoms with E-state index < -0.39 is 0 Å². The summed E-state index contributed by atoms with van der Waals surface area (Å²) in [5, 5.41) is 0. The van der Waals surface area contributed by atoms with Crippen LogP contribution in [0.3, 0.4) is 0 Å². The lowest BCUT2D eigenvalue weighted by atomic mass is 10.1. The third-order valence-electron chi connectivity index (χ3n) is 4.88. The van der Waals surface area contributed by atoms with Crippen LogP contribution >= 0.6 is 12.4 Å². The van der Waals surface area contributed by atoms with Crippen molar-refractivity contribution in [2.24, 2.45) is 21.5 Å². The predicted molar refractivity (Wildman–Crippen MR) is 117 cm³/mol. The van der Waals surface area contributed by atoms with Gasteiger partial charge in [-0.25, -0.2) is 4.99 Å². The van der Waals surface area contributed by atoms with Crippen molar-refractivity contribution in [3.05, 3.63) is 35.9 Å². The highest BCUT2D eigenvalue weighted by molar-refractivity contribution is 5.94. The van der Waals surface area contributed by atoms with Crippen molar-refractivity contribution in [3.8, 4) is 0 Å². The molecule has 3 rings (SSSR count). The molecule has 2 saturated heterocycles. The molecule has 0 aromatic heterocycles. The lowest BCUT2D eigenvalue weighted by molar-refractivity contribution is -0.126. The van der Waals surface area contributed by atoms with E-state index in [4.69, 9.17) is 11.5 Å². The Morgan fingerprint density at radius 3 is 2.11 bits per heavy atom. The molecule has 0 saturated carbocycles. The average Bonchev–Trinajstić information content (AvgIpc) is 3.23. The van der Waals surface area contributed by atoms with Crippen LogP contribution in [0.15, 0.2) is 40.3 Å². The normalized spacial score (nSPS) is 18.4. The zero-order chi connectivity index (χ0) is 19.1. The van der Waals surface area contributed by atoms with Gasteiger partial charge in [-0.2, -0.15) is 4.99 Å². The molecule has 0 radical (unpaired) electrons.